The van der Waals surface area contributed by atoms with E-state index in [0.29, 0.717) is 23.7 Å². The van der Waals surface area contributed by atoms with Crippen molar-refractivity contribution in [2.45, 2.75) is 184 Å². The van der Waals surface area contributed by atoms with E-state index < -0.39 is 0 Å². The Morgan fingerprint density at radius 2 is 0.651 bits per heavy atom. The quantitative estimate of drug-likeness (QED) is 0.0599. The molecule has 0 saturated carbocycles. The molecule has 3 radical (unpaired) electrons. The van der Waals surface area contributed by atoms with E-state index >= 15 is 0 Å². The van der Waals surface area contributed by atoms with E-state index in [4.69, 9.17) is 4.98 Å². The molecule has 0 amide bonds. The van der Waals surface area contributed by atoms with Gasteiger partial charge in [-0.25, -0.2) is 0 Å². The smallest absolute Gasteiger partial charge is 0.0602 e. The summed E-state index contributed by atoms with van der Waals surface area (Å²) >= 11 is 0. The van der Waals surface area contributed by atoms with E-state index in [1.807, 2.05) is 73.3 Å². The van der Waals surface area contributed by atoms with Crippen LogP contribution in [0, 0.1) is 32.0 Å². The Labute approximate surface area is 675 Å². The number of aromatic nitrogens is 6. The van der Waals surface area contributed by atoms with Crippen LogP contribution in [0.5, 0.6) is 0 Å². The van der Waals surface area contributed by atoms with Gasteiger partial charge in [0.1, 0.15) is 0 Å². The Hall–Kier alpha value is -8.22. The fourth-order valence-electron chi connectivity index (χ4n) is 14.1. The molecule has 0 aliphatic carbocycles. The SMILES string of the molecule is CC(C)c1cc(-c2cc(-c3ccc(C(C)(C)C)cc3)cc(-c3ccc(C(C)(C)C)cc3)c2)cc(C(C)C)c1-n1ccnc1-c1[c-]cccc1.CC(C)c1cc(-c2ccccc2)cc(C(C)C)c1-n1ccnc1-c1[c-]cccc1.CCCCCCc1cc(C)c(-n2ccnc2-c2[c-]cccc2)c(C)c1.[Ir].[Ir].[Ir]. The summed E-state index contributed by atoms with van der Waals surface area (Å²) in [6, 6.07) is 84.5. The normalized spacial score (nSPS) is 11.4. The molecule has 553 valence electrons. The maximum Gasteiger partial charge on any atom is 0.0602 e. The molecule has 3 aromatic heterocycles. The van der Waals surface area contributed by atoms with Gasteiger partial charge >= 0.3 is 0 Å². The summed E-state index contributed by atoms with van der Waals surface area (Å²) in [5.41, 5.74) is 28.9. The van der Waals surface area contributed by atoms with Crippen molar-refractivity contribution >= 4 is 0 Å². The van der Waals surface area contributed by atoms with Crippen molar-refractivity contribution in [3.8, 4) is 95.7 Å². The number of benzene rings is 10. The fourth-order valence-corrected chi connectivity index (χ4v) is 14.1. The van der Waals surface area contributed by atoms with Crippen molar-refractivity contribution in [1.82, 2.24) is 28.7 Å². The minimum Gasteiger partial charge on any atom is -0.340 e. The van der Waals surface area contributed by atoms with Gasteiger partial charge in [-0.1, -0.05) is 214 Å². The average Bonchev–Trinajstić information content (AvgIpc) is 1.29. The molecule has 0 atom stereocenters. The molecule has 0 bridgehead atoms. The van der Waals surface area contributed by atoms with Crippen molar-refractivity contribution in [2.75, 3.05) is 0 Å². The van der Waals surface area contributed by atoms with Gasteiger partial charge < -0.3 is 13.7 Å². The minimum absolute atomic E-state index is 0. The zero-order chi connectivity index (χ0) is 73.1. The van der Waals surface area contributed by atoms with Crippen LogP contribution in [0.15, 0.2) is 243 Å². The van der Waals surface area contributed by atoms with Gasteiger partial charge in [0.15, 0.2) is 0 Å². The molecule has 106 heavy (non-hydrogen) atoms. The molecule has 0 N–H and O–H groups in total. The summed E-state index contributed by atoms with van der Waals surface area (Å²) in [4.78, 5) is 14.1. The molecule has 0 aliphatic rings. The largest absolute Gasteiger partial charge is 0.340 e. The Balaban J connectivity index is 0.000000213. The molecular formula is C97H105Ir3N6-3. The van der Waals surface area contributed by atoms with E-state index in [-0.39, 0.29) is 71.1 Å². The van der Waals surface area contributed by atoms with Gasteiger partial charge in [0.05, 0.1) is 17.5 Å². The first-order chi connectivity index (χ1) is 49.5. The molecule has 13 rings (SSSR count). The predicted octanol–water partition coefficient (Wildman–Crippen LogP) is 26.5. The topological polar surface area (TPSA) is 53.5 Å². The zero-order valence-electron chi connectivity index (χ0n) is 65.1. The summed E-state index contributed by atoms with van der Waals surface area (Å²) in [5, 5.41) is 0. The van der Waals surface area contributed by atoms with Crippen LogP contribution in [0.4, 0.5) is 0 Å². The predicted molar refractivity (Wildman–Crippen MR) is 436 cm³/mol. The molecule has 3 heterocycles. The summed E-state index contributed by atoms with van der Waals surface area (Å²) < 4.78 is 6.71. The van der Waals surface area contributed by atoms with Crippen LogP contribution in [0.2, 0.25) is 0 Å². The summed E-state index contributed by atoms with van der Waals surface area (Å²) in [5.74, 6) is 4.19. The zero-order valence-corrected chi connectivity index (χ0v) is 72.3. The Morgan fingerprint density at radius 3 is 0.972 bits per heavy atom. The van der Waals surface area contributed by atoms with Crippen molar-refractivity contribution in [3.05, 3.63) is 312 Å². The van der Waals surface area contributed by atoms with Crippen molar-refractivity contribution in [3.63, 3.8) is 0 Å². The molecule has 13 aromatic rings. The molecule has 6 nitrogen and oxygen atoms in total. The molecule has 0 saturated heterocycles. The van der Waals surface area contributed by atoms with Crippen LogP contribution in [-0.4, -0.2) is 28.7 Å². The van der Waals surface area contributed by atoms with Gasteiger partial charge in [0, 0.05) is 115 Å². The molecule has 0 fully saturated rings. The van der Waals surface area contributed by atoms with Gasteiger partial charge in [0.25, 0.3) is 0 Å². The summed E-state index contributed by atoms with van der Waals surface area (Å²) in [6.07, 6.45) is 18.3. The number of unbranched alkanes of at least 4 members (excludes halogenated alkanes) is 3. The first kappa shape index (κ1) is 83.4. The first-order valence-corrected chi connectivity index (χ1v) is 37.4. The van der Waals surface area contributed by atoms with E-state index in [1.54, 1.807) is 0 Å². The van der Waals surface area contributed by atoms with Gasteiger partial charge in [-0.2, -0.15) is 0 Å². The Bertz CT molecular complexity index is 4760. The Kier molecular flexibility index (Phi) is 29.5. The van der Waals surface area contributed by atoms with E-state index in [9.17, 15) is 0 Å². The van der Waals surface area contributed by atoms with E-state index in [1.165, 1.54) is 144 Å². The van der Waals surface area contributed by atoms with Crippen LogP contribution in [-0.2, 0) is 77.6 Å². The number of rotatable bonds is 19. The van der Waals surface area contributed by atoms with Crippen LogP contribution in [0.25, 0.3) is 95.7 Å². The third-order valence-electron chi connectivity index (χ3n) is 19.7. The fraction of sp³-hybridized carbons (Fsp3) is 0.289. The molecule has 10 aromatic carbocycles. The molecule has 9 heteroatoms. The van der Waals surface area contributed by atoms with Gasteiger partial charge in [-0.3, -0.25) is 15.0 Å². The van der Waals surface area contributed by atoms with Gasteiger partial charge in [-0.05, 0) is 198 Å². The number of hydrogen-bond acceptors (Lipinski definition) is 3. The second kappa shape index (κ2) is 37.5. The van der Waals surface area contributed by atoms with Crippen molar-refractivity contribution in [1.29, 1.82) is 0 Å². The number of hydrogen-bond donors (Lipinski definition) is 0. The maximum absolute atomic E-state index is 4.81. The number of aryl methyl sites for hydroxylation is 3. The minimum atomic E-state index is 0. The van der Waals surface area contributed by atoms with Crippen molar-refractivity contribution in [2.24, 2.45) is 0 Å². The van der Waals surface area contributed by atoms with Gasteiger partial charge in [-0.15, -0.1) is 108 Å². The van der Waals surface area contributed by atoms with Gasteiger partial charge in [0.2, 0.25) is 0 Å². The second-order valence-corrected chi connectivity index (χ2v) is 31.0. The summed E-state index contributed by atoms with van der Waals surface area (Å²) in [6.45, 7) is 38.6. The Morgan fingerprint density at radius 1 is 0.340 bits per heavy atom. The van der Waals surface area contributed by atoms with Crippen molar-refractivity contribution < 1.29 is 60.3 Å². The first-order valence-electron chi connectivity index (χ1n) is 37.4. The third kappa shape index (κ3) is 19.9. The van der Waals surface area contributed by atoms with Crippen LogP contribution >= 0.6 is 0 Å². The standard InChI is InChI=1S/C47H51N2.C27H27N2.C23H27N2.3Ir/c1-31(2)42-29-39(30-43(32(3)4)44(42)49-25-24-48-45(49)35-14-12-11-13-15-35)38-27-36(33-16-20-40(21-17-33)46(5,6)7)26-37(28-38)34-18-22-41(23-19-34)47(8,9)10;1-19(2)24-17-23(21-11-7-5-8-12-21)18-25(20(3)4)26(24)29-16-15-28-27(29)22-13-9-6-10-14-22;1-4-5-6-8-11-20-16-18(2)22(19(3)17-20)25-15-14-24-23(25)21-12-9-7-10-13-21;;;/h11-14,16-32H,1-10H3;5-13,15-20H,1-4H3;7,9-10,12,14-17H,4-6,8,11H2,1-3H3;;;/q3*-1;;;. The average molecular weight is 1930 g/mol. The molecular weight excluding hydrogens is 1830 g/mol. The number of imidazole rings is 3. The second-order valence-electron chi connectivity index (χ2n) is 31.0. The molecule has 0 spiro atoms. The number of nitrogens with zero attached hydrogens (tertiary/aromatic N) is 6. The monoisotopic (exact) mass is 1930 g/mol. The summed E-state index contributed by atoms with van der Waals surface area (Å²) in [7, 11) is 0. The van der Waals surface area contributed by atoms with E-state index in [0.717, 1.165) is 34.2 Å². The van der Waals surface area contributed by atoms with E-state index in [2.05, 4.69) is 330 Å². The van der Waals surface area contributed by atoms with Crippen LogP contribution in [0.1, 0.15) is 203 Å². The van der Waals surface area contributed by atoms with Crippen LogP contribution in [0.3, 0.4) is 0 Å². The molecule has 0 aliphatic heterocycles. The molecule has 0 unspecified atom stereocenters. The van der Waals surface area contributed by atoms with Crippen LogP contribution < -0.4 is 0 Å². The maximum atomic E-state index is 4.81. The third-order valence-corrected chi connectivity index (χ3v) is 19.7.